The second-order valence-corrected chi connectivity index (χ2v) is 4.67. The summed E-state index contributed by atoms with van der Waals surface area (Å²) in [5, 5.41) is 9.00. The number of aromatic amines is 1. The molecular weight excluding hydrogens is 216 g/mol. The van der Waals surface area contributed by atoms with Gasteiger partial charge in [0.15, 0.2) is 0 Å². The molecule has 6 heteroatoms. The average Bonchev–Trinajstić information content (AvgIpc) is 2.54. The van der Waals surface area contributed by atoms with Crippen molar-refractivity contribution in [2.45, 2.75) is 25.8 Å². The van der Waals surface area contributed by atoms with E-state index in [4.69, 9.17) is 5.11 Å². The lowest BCUT2D eigenvalue weighted by Crippen LogP contribution is -2.40. The van der Waals surface area contributed by atoms with Crippen LogP contribution in [0.15, 0.2) is 4.79 Å². The van der Waals surface area contributed by atoms with Crippen LogP contribution in [0.2, 0.25) is 0 Å². The van der Waals surface area contributed by atoms with Crippen molar-refractivity contribution in [3.8, 4) is 0 Å². The van der Waals surface area contributed by atoms with Gasteiger partial charge < -0.3 is 10.0 Å². The third-order valence-electron chi connectivity index (χ3n) is 2.81. The Morgan fingerprint density at radius 1 is 1.60 bits per heavy atom. The maximum Gasteiger partial charge on any atom is 0.407 e. The SMILES string of the molecule is CC1CN(C(=O)O)C(C)c2c1s[nH]c2=O. The van der Waals surface area contributed by atoms with Crippen molar-refractivity contribution in [2.24, 2.45) is 0 Å². The van der Waals surface area contributed by atoms with Crippen molar-refractivity contribution in [3.63, 3.8) is 0 Å². The molecule has 1 aliphatic rings. The number of hydrogen-bond acceptors (Lipinski definition) is 3. The van der Waals surface area contributed by atoms with Gasteiger partial charge in [-0.2, -0.15) is 0 Å². The van der Waals surface area contributed by atoms with Crippen LogP contribution in [0, 0.1) is 0 Å². The highest BCUT2D eigenvalue weighted by Crippen LogP contribution is 2.35. The molecule has 1 amide bonds. The van der Waals surface area contributed by atoms with Gasteiger partial charge in [0.2, 0.25) is 0 Å². The summed E-state index contributed by atoms with van der Waals surface area (Å²) in [5.74, 6) is 0.0937. The molecule has 0 bridgehead atoms. The van der Waals surface area contributed by atoms with E-state index in [-0.39, 0.29) is 17.5 Å². The van der Waals surface area contributed by atoms with Gasteiger partial charge in [-0.3, -0.25) is 9.17 Å². The maximum atomic E-state index is 11.5. The van der Waals surface area contributed by atoms with Gasteiger partial charge >= 0.3 is 6.09 Å². The minimum Gasteiger partial charge on any atom is -0.465 e. The fourth-order valence-electron chi connectivity index (χ4n) is 2.02. The van der Waals surface area contributed by atoms with Crippen LogP contribution in [0.4, 0.5) is 4.79 Å². The van der Waals surface area contributed by atoms with Gasteiger partial charge in [-0.25, -0.2) is 4.79 Å². The number of amides is 1. The molecule has 15 heavy (non-hydrogen) atoms. The summed E-state index contributed by atoms with van der Waals surface area (Å²) in [5.41, 5.74) is 0.460. The van der Waals surface area contributed by atoms with Gasteiger partial charge in [0, 0.05) is 17.3 Å². The minimum atomic E-state index is -0.967. The third-order valence-corrected chi connectivity index (χ3v) is 3.94. The predicted octanol–water partition coefficient (Wildman–Crippen LogP) is 1.59. The molecule has 0 saturated heterocycles. The fraction of sp³-hybridized carbons (Fsp3) is 0.556. The summed E-state index contributed by atoms with van der Waals surface area (Å²) in [7, 11) is 0. The molecule has 5 nitrogen and oxygen atoms in total. The lowest BCUT2D eigenvalue weighted by molar-refractivity contribution is 0.120. The van der Waals surface area contributed by atoms with E-state index >= 15 is 0 Å². The Morgan fingerprint density at radius 2 is 2.27 bits per heavy atom. The number of aromatic nitrogens is 1. The Bertz CT molecular complexity index is 450. The van der Waals surface area contributed by atoms with Crippen LogP contribution in [0.25, 0.3) is 0 Å². The molecule has 1 aromatic rings. The van der Waals surface area contributed by atoms with E-state index < -0.39 is 6.09 Å². The Balaban J connectivity index is 2.51. The number of carboxylic acid groups (broad SMARTS) is 1. The Kier molecular flexibility index (Phi) is 2.30. The lowest BCUT2D eigenvalue weighted by Gasteiger charge is -2.33. The molecule has 0 aromatic carbocycles. The van der Waals surface area contributed by atoms with E-state index in [9.17, 15) is 9.59 Å². The molecule has 2 heterocycles. The minimum absolute atomic E-state index is 0.0937. The first-order valence-corrected chi connectivity index (χ1v) is 5.54. The second kappa shape index (κ2) is 3.37. The number of fused-ring (bicyclic) bond motifs is 1. The highest BCUT2D eigenvalue weighted by Gasteiger charge is 2.34. The molecule has 2 unspecified atom stereocenters. The van der Waals surface area contributed by atoms with Crippen LogP contribution >= 0.6 is 11.5 Å². The zero-order valence-corrected chi connectivity index (χ0v) is 9.30. The molecule has 2 N–H and O–H groups in total. The normalized spacial score (nSPS) is 25.1. The molecule has 0 spiro atoms. The second-order valence-electron chi connectivity index (χ2n) is 3.82. The monoisotopic (exact) mass is 228 g/mol. The maximum absolute atomic E-state index is 11.5. The molecule has 1 aliphatic heterocycles. The van der Waals surface area contributed by atoms with Crippen LogP contribution in [0.3, 0.4) is 0 Å². The Labute approximate surface area is 90.5 Å². The molecule has 0 radical (unpaired) electrons. The van der Waals surface area contributed by atoms with E-state index in [1.165, 1.54) is 16.4 Å². The number of rotatable bonds is 0. The summed E-state index contributed by atoms with van der Waals surface area (Å²) >= 11 is 1.32. The summed E-state index contributed by atoms with van der Waals surface area (Å²) in [6, 6.07) is -0.344. The smallest absolute Gasteiger partial charge is 0.407 e. The summed E-state index contributed by atoms with van der Waals surface area (Å²) < 4.78 is 2.67. The van der Waals surface area contributed by atoms with Crippen LogP contribution in [-0.4, -0.2) is 27.0 Å². The number of H-pyrrole nitrogens is 1. The van der Waals surface area contributed by atoms with Crippen molar-refractivity contribution in [1.29, 1.82) is 0 Å². The van der Waals surface area contributed by atoms with Crippen molar-refractivity contribution >= 4 is 17.6 Å². The van der Waals surface area contributed by atoms with Gasteiger partial charge in [0.25, 0.3) is 5.56 Å². The molecule has 0 saturated carbocycles. The molecule has 2 atom stereocenters. The lowest BCUT2D eigenvalue weighted by atomic mass is 9.95. The predicted molar refractivity (Wildman–Crippen MR) is 56.5 cm³/mol. The van der Waals surface area contributed by atoms with E-state index in [0.29, 0.717) is 12.1 Å². The van der Waals surface area contributed by atoms with Crippen LogP contribution in [0.1, 0.15) is 36.2 Å². The van der Waals surface area contributed by atoms with Crippen molar-refractivity contribution in [2.75, 3.05) is 6.54 Å². The molecule has 82 valence electrons. The molecule has 0 aliphatic carbocycles. The topological polar surface area (TPSA) is 73.4 Å². The average molecular weight is 228 g/mol. The first kappa shape index (κ1) is 10.2. The quantitative estimate of drug-likeness (QED) is 0.708. The highest BCUT2D eigenvalue weighted by atomic mass is 32.1. The zero-order valence-electron chi connectivity index (χ0n) is 8.48. The standard InChI is InChI=1S/C9H12N2O3S/c1-4-3-11(9(13)14)5(2)6-7(4)15-10-8(6)12/h4-5H,3H2,1-2H3,(H,10,12)(H,13,14). The zero-order chi connectivity index (χ0) is 11.2. The van der Waals surface area contributed by atoms with E-state index in [1.807, 2.05) is 6.92 Å². The number of nitrogens with zero attached hydrogens (tertiary/aromatic N) is 1. The highest BCUT2D eigenvalue weighted by molar-refractivity contribution is 7.06. The third kappa shape index (κ3) is 1.45. The van der Waals surface area contributed by atoms with Gasteiger partial charge in [-0.15, -0.1) is 0 Å². The van der Waals surface area contributed by atoms with Crippen LogP contribution in [0.5, 0.6) is 0 Å². The van der Waals surface area contributed by atoms with Gasteiger partial charge in [-0.1, -0.05) is 18.5 Å². The summed E-state index contributed by atoms with van der Waals surface area (Å²) in [6.45, 7) is 4.14. The van der Waals surface area contributed by atoms with Crippen molar-refractivity contribution in [3.05, 3.63) is 20.8 Å². The fourth-order valence-corrected chi connectivity index (χ4v) is 2.98. The van der Waals surface area contributed by atoms with Crippen LogP contribution in [-0.2, 0) is 0 Å². The van der Waals surface area contributed by atoms with E-state index in [2.05, 4.69) is 4.37 Å². The molecular formula is C9H12N2O3S. The first-order valence-electron chi connectivity index (χ1n) is 4.73. The van der Waals surface area contributed by atoms with E-state index in [1.54, 1.807) is 6.92 Å². The summed E-state index contributed by atoms with van der Waals surface area (Å²) in [6.07, 6.45) is -0.967. The van der Waals surface area contributed by atoms with Crippen LogP contribution < -0.4 is 5.56 Å². The Hall–Kier alpha value is -1.30. The molecule has 1 aromatic heterocycles. The molecule has 0 fully saturated rings. The van der Waals surface area contributed by atoms with Gasteiger partial charge in [-0.05, 0) is 6.92 Å². The van der Waals surface area contributed by atoms with Gasteiger partial charge in [0.05, 0.1) is 11.6 Å². The van der Waals surface area contributed by atoms with Gasteiger partial charge in [0.1, 0.15) is 0 Å². The largest absolute Gasteiger partial charge is 0.465 e. The number of hydrogen-bond donors (Lipinski definition) is 2. The first-order chi connectivity index (χ1) is 7.02. The number of nitrogens with one attached hydrogen (secondary N) is 1. The Morgan fingerprint density at radius 3 is 2.87 bits per heavy atom. The van der Waals surface area contributed by atoms with E-state index in [0.717, 1.165) is 4.88 Å². The molecule has 2 rings (SSSR count). The summed E-state index contributed by atoms with van der Waals surface area (Å²) in [4.78, 5) is 24.8. The van der Waals surface area contributed by atoms with Crippen molar-refractivity contribution in [1.82, 2.24) is 9.27 Å². The van der Waals surface area contributed by atoms with Crippen molar-refractivity contribution < 1.29 is 9.90 Å². The number of carbonyl (C=O) groups is 1.